The zero-order chi connectivity index (χ0) is 20.1. The number of hydrazone groups is 1. The number of methoxy groups -OCH3 is 3. The minimum atomic E-state index is -0.747. The van der Waals surface area contributed by atoms with E-state index in [1.807, 2.05) is 30.3 Å². The molecule has 0 bridgehead atoms. The van der Waals surface area contributed by atoms with Crippen LogP contribution in [-0.4, -0.2) is 33.5 Å². The number of hydrogen-bond donors (Lipinski definition) is 1. The Hall–Kier alpha value is -2.61. The van der Waals surface area contributed by atoms with Crippen molar-refractivity contribution in [2.75, 3.05) is 21.3 Å². The van der Waals surface area contributed by atoms with Crippen molar-refractivity contribution in [3.8, 4) is 11.5 Å². The summed E-state index contributed by atoms with van der Waals surface area (Å²) in [6.45, 7) is 0. The first kappa shape index (κ1) is 20.1. The van der Waals surface area contributed by atoms with Crippen molar-refractivity contribution in [1.82, 2.24) is 5.43 Å². The lowest BCUT2D eigenvalue weighted by molar-refractivity contribution is -0.131. The first-order valence-corrected chi connectivity index (χ1v) is 9.52. The smallest absolute Gasteiger partial charge is 0.274 e. The lowest BCUT2D eigenvalue weighted by atomic mass is 10.2. The van der Waals surface area contributed by atoms with Crippen molar-refractivity contribution >= 4 is 45.1 Å². The molecule has 1 heterocycles. The first-order valence-electron chi connectivity index (χ1n) is 8.33. The monoisotopic (exact) mass is 418 g/mol. The number of fused-ring (bicyclic) bond motifs is 1. The molecule has 0 saturated carbocycles. The number of carbonyl (C=O) groups is 1. The van der Waals surface area contributed by atoms with E-state index in [4.69, 9.17) is 25.8 Å². The second-order valence-corrected chi connectivity index (χ2v) is 7.30. The largest absolute Gasteiger partial charge is 0.493 e. The second-order valence-electron chi connectivity index (χ2n) is 5.77. The van der Waals surface area contributed by atoms with Crippen LogP contribution >= 0.6 is 22.9 Å². The molecule has 28 heavy (non-hydrogen) atoms. The van der Waals surface area contributed by atoms with E-state index < -0.39 is 6.10 Å². The molecule has 3 aromatic rings. The van der Waals surface area contributed by atoms with E-state index in [-0.39, 0.29) is 5.91 Å². The van der Waals surface area contributed by atoms with Crippen LogP contribution in [0.15, 0.2) is 47.6 Å². The minimum Gasteiger partial charge on any atom is -0.493 e. The molecule has 1 amide bonds. The summed E-state index contributed by atoms with van der Waals surface area (Å²) in [6.07, 6.45) is 0.729. The highest BCUT2D eigenvalue weighted by Crippen LogP contribution is 2.35. The summed E-state index contributed by atoms with van der Waals surface area (Å²) in [5.41, 5.74) is 3.16. The highest BCUT2D eigenvalue weighted by molar-refractivity contribution is 7.19. The molecule has 1 N–H and O–H groups in total. The minimum absolute atomic E-state index is 0.364. The van der Waals surface area contributed by atoms with E-state index in [0.717, 1.165) is 15.0 Å². The predicted octanol–water partition coefficient (Wildman–Crippen LogP) is 4.41. The maximum atomic E-state index is 12.5. The van der Waals surface area contributed by atoms with Crippen LogP contribution in [0.4, 0.5) is 0 Å². The van der Waals surface area contributed by atoms with Gasteiger partial charge < -0.3 is 14.2 Å². The fourth-order valence-corrected chi connectivity index (χ4v) is 4.16. The molecule has 6 nitrogen and oxygen atoms in total. The number of thiophene rings is 1. The molecule has 0 aliphatic rings. The summed E-state index contributed by atoms with van der Waals surface area (Å²) >= 11 is 7.69. The summed E-state index contributed by atoms with van der Waals surface area (Å²) in [7, 11) is 4.52. The van der Waals surface area contributed by atoms with E-state index in [0.29, 0.717) is 22.1 Å². The number of nitrogens with one attached hydrogen (secondary N) is 1. The number of halogens is 1. The number of rotatable bonds is 7. The summed E-state index contributed by atoms with van der Waals surface area (Å²) in [4.78, 5) is 13.3. The van der Waals surface area contributed by atoms with E-state index in [1.165, 1.54) is 38.9 Å². The number of carbonyl (C=O) groups excluding carboxylic acids is 1. The maximum Gasteiger partial charge on any atom is 0.274 e. The fourth-order valence-electron chi connectivity index (χ4n) is 2.73. The third-order valence-corrected chi connectivity index (χ3v) is 5.46. The van der Waals surface area contributed by atoms with Crippen LogP contribution in [0.3, 0.4) is 0 Å². The maximum absolute atomic E-state index is 12.5. The van der Waals surface area contributed by atoms with Crippen LogP contribution in [0.1, 0.15) is 16.5 Å². The Labute approximate surface area is 171 Å². The fraction of sp³-hybridized carbons (Fsp3) is 0.200. The number of ether oxygens (including phenoxy) is 3. The molecule has 0 aliphatic heterocycles. The van der Waals surface area contributed by atoms with Gasteiger partial charge in [0.2, 0.25) is 0 Å². The van der Waals surface area contributed by atoms with Gasteiger partial charge in [-0.05, 0) is 35.2 Å². The summed E-state index contributed by atoms with van der Waals surface area (Å²) < 4.78 is 16.9. The van der Waals surface area contributed by atoms with Crippen molar-refractivity contribution in [1.29, 1.82) is 0 Å². The van der Waals surface area contributed by atoms with Gasteiger partial charge in [-0.25, -0.2) is 5.43 Å². The lowest BCUT2D eigenvalue weighted by Gasteiger charge is -2.11. The van der Waals surface area contributed by atoms with Gasteiger partial charge in [0.25, 0.3) is 5.91 Å². The molecule has 2 aromatic carbocycles. The van der Waals surface area contributed by atoms with Gasteiger partial charge in [-0.15, -0.1) is 11.3 Å². The quantitative estimate of drug-likeness (QED) is 0.455. The molecule has 0 spiro atoms. The van der Waals surface area contributed by atoms with E-state index in [9.17, 15) is 4.79 Å². The molecule has 0 fully saturated rings. The molecule has 0 radical (unpaired) electrons. The van der Waals surface area contributed by atoms with Gasteiger partial charge in [0, 0.05) is 16.7 Å². The summed E-state index contributed by atoms with van der Waals surface area (Å²) in [5.74, 6) is 0.550. The van der Waals surface area contributed by atoms with Crippen LogP contribution in [0.5, 0.6) is 11.5 Å². The molecule has 8 heteroatoms. The standard InChI is InChI=1S/C20H19ClN2O4S/c1-25-15-9-12(8-14(21)18(15)26-2)11-22-23-20(24)19(27-3)17-10-13-6-4-5-7-16(13)28-17/h4-11,19H,1-3H3,(H,23,24)/b22-11+. The van der Waals surface area contributed by atoms with E-state index >= 15 is 0 Å². The molecule has 3 rings (SSSR count). The van der Waals surface area contributed by atoms with E-state index in [1.54, 1.807) is 12.1 Å². The molecular formula is C20H19ClN2O4S. The van der Waals surface area contributed by atoms with Crippen LogP contribution in [0.2, 0.25) is 5.02 Å². The Morgan fingerprint density at radius 3 is 2.64 bits per heavy atom. The molecule has 1 aromatic heterocycles. The summed E-state index contributed by atoms with van der Waals surface area (Å²) in [5, 5.41) is 5.46. The number of nitrogens with zero attached hydrogens (tertiary/aromatic N) is 1. The predicted molar refractivity (Wildman–Crippen MR) is 112 cm³/mol. The summed E-state index contributed by atoms with van der Waals surface area (Å²) in [6, 6.07) is 13.2. The number of benzene rings is 2. The number of amides is 1. The third kappa shape index (κ3) is 4.27. The molecule has 1 atom stereocenters. The SMILES string of the molecule is COc1cc(/C=N/NC(=O)C(OC)c2cc3ccccc3s2)cc(Cl)c1OC. The third-order valence-electron chi connectivity index (χ3n) is 4.02. The van der Waals surface area contributed by atoms with E-state index in [2.05, 4.69) is 10.5 Å². The molecule has 1 unspecified atom stereocenters. The second kappa shape index (κ2) is 9.05. The van der Waals surface area contributed by atoms with Gasteiger partial charge in [0.05, 0.1) is 25.5 Å². The van der Waals surface area contributed by atoms with Crippen molar-refractivity contribution in [3.63, 3.8) is 0 Å². The Bertz CT molecular complexity index is 986. The Morgan fingerprint density at radius 1 is 1.18 bits per heavy atom. The van der Waals surface area contributed by atoms with Crippen molar-refractivity contribution in [3.05, 3.63) is 57.9 Å². The average molecular weight is 419 g/mol. The Morgan fingerprint density at radius 2 is 1.96 bits per heavy atom. The lowest BCUT2D eigenvalue weighted by Crippen LogP contribution is -2.26. The van der Waals surface area contributed by atoms with Gasteiger partial charge in [-0.1, -0.05) is 29.8 Å². The molecule has 146 valence electrons. The van der Waals surface area contributed by atoms with Gasteiger partial charge in [-0.2, -0.15) is 5.10 Å². The van der Waals surface area contributed by atoms with Crippen LogP contribution < -0.4 is 14.9 Å². The van der Waals surface area contributed by atoms with Gasteiger partial charge in [-0.3, -0.25) is 4.79 Å². The first-order chi connectivity index (χ1) is 13.6. The van der Waals surface area contributed by atoms with Crippen LogP contribution in [0, 0.1) is 0 Å². The molecular weight excluding hydrogens is 400 g/mol. The van der Waals surface area contributed by atoms with Crippen LogP contribution in [-0.2, 0) is 9.53 Å². The van der Waals surface area contributed by atoms with Crippen molar-refractivity contribution in [2.45, 2.75) is 6.10 Å². The van der Waals surface area contributed by atoms with Gasteiger partial charge in [0.1, 0.15) is 0 Å². The highest BCUT2D eigenvalue weighted by Gasteiger charge is 2.22. The topological polar surface area (TPSA) is 69.2 Å². The van der Waals surface area contributed by atoms with Gasteiger partial charge >= 0.3 is 0 Å². The molecule has 0 aliphatic carbocycles. The van der Waals surface area contributed by atoms with Crippen molar-refractivity contribution < 1.29 is 19.0 Å². The normalized spacial score (nSPS) is 12.3. The molecule has 0 saturated heterocycles. The Kier molecular flexibility index (Phi) is 6.51. The zero-order valence-electron chi connectivity index (χ0n) is 15.6. The highest BCUT2D eigenvalue weighted by atomic mass is 35.5. The Balaban J connectivity index is 1.74. The number of hydrogen-bond acceptors (Lipinski definition) is 6. The van der Waals surface area contributed by atoms with Gasteiger partial charge in [0.15, 0.2) is 17.6 Å². The zero-order valence-corrected chi connectivity index (χ0v) is 17.1. The average Bonchev–Trinajstić information content (AvgIpc) is 3.11. The van der Waals surface area contributed by atoms with Crippen LogP contribution in [0.25, 0.3) is 10.1 Å². The van der Waals surface area contributed by atoms with Crippen molar-refractivity contribution in [2.24, 2.45) is 5.10 Å².